The minimum Gasteiger partial charge on any atom is -0.370 e. The van der Waals surface area contributed by atoms with E-state index >= 15 is 0 Å². The third kappa shape index (κ3) is 3.84. The SMILES string of the molecule is O=C(NC1CC1c1cccc(F)c1)N1CCOC(c2ccc(Cl)cc2)C1. The molecular formula is C20H20ClFN2O2. The molecule has 1 aliphatic carbocycles. The van der Waals surface area contributed by atoms with Crippen molar-refractivity contribution in [2.75, 3.05) is 19.7 Å². The minimum absolute atomic E-state index is 0.0705. The lowest BCUT2D eigenvalue weighted by Gasteiger charge is -2.33. The summed E-state index contributed by atoms with van der Waals surface area (Å²) >= 11 is 5.93. The van der Waals surface area contributed by atoms with Crippen molar-refractivity contribution in [3.05, 3.63) is 70.5 Å². The lowest BCUT2D eigenvalue weighted by atomic mass is 10.1. The van der Waals surface area contributed by atoms with Gasteiger partial charge in [-0.25, -0.2) is 9.18 Å². The number of amides is 2. The molecular weight excluding hydrogens is 355 g/mol. The van der Waals surface area contributed by atoms with Crippen LogP contribution in [-0.2, 0) is 4.74 Å². The molecule has 6 heteroatoms. The van der Waals surface area contributed by atoms with E-state index < -0.39 is 0 Å². The average molecular weight is 375 g/mol. The lowest BCUT2D eigenvalue weighted by Crippen LogP contribution is -2.47. The minimum atomic E-state index is -0.238. The maximum Gasteiger partial charge on any atom is 0.317 e. The van der Waals surface area contributed by atoms with Gasteiger partial charge in [-0.05, 0) is 41.8 Å². The van der Waals surface area contributed by atoms with E-state index in [1.54, 1.807) is 17.0 Å². The fourth-order valence-electron chi connectivity index (χ4n) is 3.42. The van der Waals surface area contributed by atoms with E-state index in [-0.39, 0.29) is 29.9 Å². The molecule has 26 heavy (non-hydrogen) atoms. The predicted octanol–water partition coefficient (Wildman–Crippen LogP) is 4.12. The Morgan fingerprint density at radius 3 is 2.77 bits per heavy atom. The third-order valence-corrected chi connectivity index (χ3v) is 5.22. The van der Waals surface area contributed by atoms with Crippen LogP contribution < -0.4 is 5.32 Å². The maximum atomic E-state index is 13.3. The van der Waals surface area contributed by atoms with Gasteiger partial charge in [0.05, 0.1) is 13.2 Å². The molecule has 0 bridgehead atoms. The van der Waals surface area contributed by atoms with Crippen LogP contribution in [0.2, 0.25) is 5.02 Å². The normalized spacial score (nSPS) is 25.0. The molecule has 1 saturated heterocycles. The van der Waals surface area contributed by atoms with Crippen molar-refractivity contribution in [1.82, 2.24) is 10.2 Å². The summed E-state index contributed by atoms with van der Waals surface area (Å²) in [6.07, 6.45) is 0.699. The van der Waals surface area contributed by atoms with E-state index in [4.69, 9.17) is 16.3 Å². The van der Waals surface area contributed by atoms with Crippen LogP contribution in [0.5, 0.6) is 0 Å². The molecule has 2 amide bonds. The van der Waals surface area contributed by atoms with Gasteiger partial charge in [-0.2, -0.15) is 0 Å². The van der Waals surface area contributed by atoms with Crippen molar-refractivity contribution >= 4 is 17.6 Å². The van der Waals surface area contributed by atoms with Crippen molar-refractivity contribution in [3.8, 4) is 0 Å². The van der Waals surface area contributed by atoms with E-state index in [9.17, 15) is 9.18 Å². The second kappa shape index (κ2) is 7.25. The average Bonchev–Trinajstić information content (AvgIpc) is 3.41. The third-order valence-electron chi connectivity index (χ3n) is 4.97. The van der Waals surface area contributed by atoms with Crippen LogP contribution >= 0.6 is 11.6 Å². The molecule has 2 aliphatic rings. The molecule has 3 unspecified atom stereocenters. The van der Waals surface area contributed by atoms with Gasteiger partial charge in [0.15, 0.2) is 0 Å². The molecule has 1 heterocycles. The summed E-state index contributed by atoms with van der Waals surface area (Å²) in [4.78, 5) is 14.4. The Kier molecular flexibility index (Phi) is 4.83. The van der Waals surface area contributed by atoms with E-state index in [0.717, 1.165) is 17.5 Å². The van der Waals surface area contributed by atoms with Gasteiger partial charge < -0.3 is 15.0 Å². The van der Waals surface area contributed by atoms with Crippen molar-refractivity contribution in [1.29, 1.82) is 0 Å². The lowest BCUT2D eigenvalue weighted by molar-refractivity contribution is -0.0154. The Morgan fingerprint density at radius 2 is 2.00 bits per heavy atom. The smallest absolute Gasteiger partial charge is 0.317 e. The van der Waals surface area contributed by atoms with Crippen molar-refractivity contribution in [2.45, 2.75) is 24.5 Å². The van der Waals surface area contributed by atoms with Gasteiger partial charge in [-0.3, -0.25) is 0 Å². The number of ether oxygens (including phenoxy) is 1. The van der Waals surface area contributed by atoms with Crippen LogP contribution in [0, 0.1) is 5.82 Å². The largest absolute Gasteiger partial charge is 0.370 e. The molecule has 4 rings (SSSR count). The highest BCUT2D eigenvalue weighted by Crippen LogP contribution is 2.41. The molecule has 0 radical (unpaired) electrons. The Morgan fingerprint density at radius 1 is 1.19 bits per heavy atom. The molecule has 1 saturated carbocycles. The second-order valence-electron chi connectivity index (χ2n) is 6.81. The fraction of sp³-hybridized carbons (Fsp3) is 0.350. The Balaban J connectivity index is 1.34. The van der Waals surface area contributed by atoms with Crippen LogP contribution in [0.4, 0.5) is 9.18 Å². The van der Waals surface area contributed by atoms with E-state index in [1.165, 1.54) is 6.07 Å². The van der Waals surface area contributed by atoms with Gasteiger partial charge in [-0.15, -0.1) is 0 Å². The first kappa shape index (κ1) is 17.3. The molecule has 0 spiro atoms. The number of hydrogen-bond donors (Lipinski definition) is 1. The second-order valence-corrected chi connectivity index (χ2v) is 7.25. The number of rotatable bonds is 3. The molecule has 4 nitrogen and oxygen atoms in total. The number of urea groups is 1. The molecule has 3 atom stereocenters. The van der Waals surface area contributed by atoms with Crippen molar-refractivity contribution in [3.63, 3.8) is 0 Å². The first-order valence-corrected chi connectivity index (χ1v) is 9.16. The van der Waals surface area contributed by atoms with Gasteiger partial charge >= 0.3 is 6.03 Å². The van der Waals surface area contributed by atoms with Crippen LogP contribution in [0.25, 0.3) is 0 Å². The number of hydrogen-bond acceptors (Lipinski definition) is 2. The summed E-state index contributed by atoms with van der Waals surface area (Å²) in [6.45, 7) is 1.57. The highest BCUT2D eigenvalue weighted by Gasteiger charge is 2.40. The number of halogens is 2. The molecule has 136 valence electrons. The zero-order valence-electron chi connectivity index (χ0n) is 14.2. The Hall–Kier alpha value is -2.11. The summed E-state index contributed by atoms with van der Waals surface area (Å²) in [5.41, 5.74) is 1.95. The first-order chi connectivity index (χ1) is 12.6. The predicted molar refractivity (Wildman–Crippen MR) is 97.8 cm³/mol. The molecule has 2 fully saturated rings. The number of carbonyl (C=O) groups is 1. The van der Waals surface area contributed by atoms with Gasteiger partial charge in [0.2, 0.25) is 0 Å². The van der Waals surface area contributed by atoms with Gasteiger partial charge in [-0.1, -0.05) is 35.9 Å². The van der Waals surface area contributed by atoms with Crippen molar-refractivity contribution < 1.29 is 13.9 Å². The number of carbonyl (C=O) groups excluding carboxylic acids is 1. The number of nitrogens with zero attached hydrogens (tertiary/aromatic N) is 1. The summed E-state index contributed by atoms with van der Waals surface area (Å²) in [7, 11) is 0. The first-order valence-electron chi connectivity index (χ1n) is 8.78. The van der Waals surface area contributed by atoms with Crippen LogP contribution in [0.3, 0.4) is 0 Å². The molecule has 1 aliphatic heterocycles. The number of nitrogens with one attached hydrogen (secondary N) is 1. The summed E-state index contributed by atoms with van der Waals surface area (Å²) < 4.78 is 19.1. The van der Waals surface area contributed by atoms with Gasteiger partial charge in [0.1, 0.15) is 11.9 Å². The number of morpholine rings is 1. The highest BCUT2D eigenvalue weighted by atomic mass is 35.5. The van der Waals surface area contributed by atoms with E-state index in [0.29, 0.717) is 24.7 Å². The van der Waals surface area contributed by atoms with Gasteiger partial charge in [0.25, 0.3) is 0 Å². The Labute approximate surface area is 156 Å². The quantitative estimate of drug-likeness (QED) is 0.878. The van der Waals surface area contributed by atoms with Crippen LogP contribution in [0.1, 0.15) is 29.6 Å². The molecule has 2 aromatic carbocycles. The monoisotopic (exact) mass is 374 g/mol. The molecule has 0 aromatic heterocycles. The van der Waals surface area contributed by atoms with Crippen LogP contribution in [0.15, 0.2) is 48.5 Å². The maximum absolute atomic E-state index is 13.3. The summed E-state index contributed by atoms with van der Waals surface area (Å²) in [5, 5.41) is 3.74. The Bertz CT molecular complexity index is 799. The summed E-state index contributed by atoms with van der Waals surface area (Å²) in [6, 6.07) is 14.1. The standard InChI is InChI=1S/C20H20ClFN2O2/c21-15-6-4-13(5-7-15)19-12-24(8-9-26-19)20(25)23-18-11-17(18)14-2-1-3-16(22)10-14/h1-7,10,17-19H,8-9,11-12H2,(H,23,25). The van der Waals surface area contributed by atoms with E-state index in [2.05, 4.69) is 5.32 Å². The fourth-order valence-corrected chi connectivity index (χ4v) is 3.55. The van der Waals surface area contributed by atoms with Crippen LogP contribution in [-0.4, -0.2) is 36.7 Å². The van der Waals surface area contributed by atoms with Gasteiger partial charge in [0, 0.05) is 23.5 Å². The molecule has 2 aromatic rings. The highest BCUT2D eigenvalue weighted by molar-refractivity contribution is 6.30. The van der Waals surface area contributed by atoms with E-state index in [1.807, 2.05) is 30.3 Å². The van der Waals surface area contributed by atoms with Crippen molar-refractivity contribution in [2.24, 2.45) is 0 Å². The molecule has 1 N–H and O–H groups in total. The summed E-state index contributed by atoms with van der Waals surface area (Å²) in [5.74, 6) is -0.0405. The topological polar surface area (TPSA) is 41.6 Å². The number of benzene rings is 2. The zero-order valence-corrected chi connectivity index (χ0v) is 15.0. The zero-order chi connectivity index (χ0) is 18.1.